The summed E-state index contributed by atoms with van der Waals surface area (Å²) in [4.78, 5) is 12.4. The van der Waals surface area contributed by atoms with Gasteiger partial charge >= 0.3 is 0 Å². The molecule has 35 heavy (non-hydrogen) atoms. The number of hydrogen-bond acceptors (Lipinski definition) is 7. The summed E-state index contributed by atoms with van der Waals surface area (Å²) in [5.74, 6) is 2.28. The van der Waals surface area contributed by atoms with Crippen LogP contribution in [0.4, 0.5) is 0 Å². The average molecular weight is 536 g/mol. The van der Waals surface area contributed by atoms with E-state index in [9.17, 15) is 4.79 Å². The fourth-order valence-corrected chi connectivity index (χ4v) is 4.62. The molecular weight excluding hydrogens is 506 g/mol. The highest BCUT2D eigenvalue weighted by Gasteiger charge is 2.22. The molecule has 1 aliphatic rings. The molecule has 0 atom stereocenters. The van der Waals surface area contributed by atoms with Crippen molar-refractivity contribution in [2.24, 2.45) is 0 Å². The van der Waals surface area contributed by atoms with E-state index in [2.05, 4.69) is 12.2 Å². The summed E-state index contributed by atoms with van der Waals surface area (Å²) in [6.07, 6.45) is 6.44. The highest BCUT2D eigenvalue weighted by molar-refractivity contribution is 8.26. The van der Waals surface area contributed by atoms with Gasteiger partial charge in [-0.1, -0.05) is 61.8 Å². The number of hydrogen-bond donors (Lipinski definition) is 1. The van der Waals surface area contributed by atoms with Gasteiger partial charge in [-0.3, -0.25) is 4.79 Å². The Morgan fingerprint density at radius 3 is 2.26 bits per heavy atom. The molecule has 3 rings (SSSR count). The zero-order chi connectivity index (χ0) is 25.0. The highest BCUT2D eigenvalue weighted by atomic mass is 35.5. The Kier molecular flexibility index (Phi) is 11.0. The zero-order valence-electron chi connectivity index (χ0n) is 19.9. The molecule has 1 fully saturated rings. The van der Waals surface area contributed by atoms with Crippen molar-refractivity contribution in [3.8, 4) is 23.0 Å². The largest absolute Gasteiger partial charge is 0.494 e. The Morgan fingerprint density at radius 2 is 1.63 bits per heavy atom. The van der Waals surface area contributed by atoms with Crippen molar-refractivity contribution in [2.75, 3.05) is 26.4 Å². The average Bonchev–Trinajstić information content (AvgIpc) is 3.15. The molecule has 1 aliphatic heterocycles. The summed E-state index contributed by atoms with van der Waals surface area (Å²) in [7, 11) is 0. The van der Waals surface area contributed by atoms with Crippen molar-refractivity contribution in [3.63, 3.8) is 0 Å². The summed E-state index contributed by atoms with van der Waals surface area (Å²) in [6, 6.07) is 11.1. The molecule has 9 heteroatoms. The molecule has 0 unspecified atom stereocenters. The molecule has 1 saturated heterocycles. The number of thioether (sulfide) groups is 1. The van der Waals surface area contributed by atoms with Crippen molar-refractivity contribution in [1.29, 1.82) is 0 Å². The molecule has 6 nitrogen and oxygen atoms in total. The van der Waals surface area contributed by atoms with Crippen LogP contribution in [0.2, 0.25) is 5.02 Å². The monoisotopic (exact) mass is 535 g/mol. The Labute approximate surface area is 221 Å². The second-order valence-corrected chi connectivity index (χ2v) is 9.82. The smallest absolute Gasteiger partial charge is 0.263 e. The minimum atomic E-state index is -0.224. The molecule has 1 heterocycles. The molecule has 0 aromatic heterocycles. The van der Waals surface area contributed by atoms with E-state index in [4.69, 9.17) is 42.8 Å². The van der Waals surface area contributed by atoms with E-state index >= 15 is 0 Å². The number of thiocarbonyl (C=S) groups is 1. The maximum absolute atomic E-state index is 11.9. The van der Waals surface area contributed by atoms with Gasteiger partial charge < -0.3 is 24.3 Å². The molecule has 2 aromatic carbocycles. The summed E-state index contributed by atoms with van der Waals surface area (Å²) in [6.45, 7) is 5.85. The van der Waals surface area contributed by atoms with Gasteiger partial charge in [-0.25, -0.2) is 0 Å². The van der Waals surface area contributed by atoms with Crippen molar-refractivity contribution >= 4 is 51.9 Å². The molecule has 0 radical (unpaired) electrons. The third-order valence-electron chi connectivity index (χ3n) is 4.96. The van der Waals surface area contributed by atoms with Crippen LogP contribution in [0.3, 0.4) is 0 Å². The van der Waals surface area contributed by atoms with Gasteiger partial charge in [0.25, 0.3) is 5.91 Å². The topological polar surface area (TPSA) is 66.0 Å². The summed E-state index contributed by atoms with van der Waals surface area (Å²) < 4.78 is 23.6. The third kappa shape index (κ3) is 8.63. The van der Waals surface area contributed by atoms with Crippen molar-refractivity contribution in [2.45, 2.75) is 39.5 Å². The van der Waals surface area contributed by atoms with Gasteiger partial charge in [0.2, 0.25) is 0 Å². The van der Waals surface area contributed by atoms with Crippen LogP contribution in [0.1, 0.15) is 45.1 Å². The number of benzene rings is 2. The first-order valence-electron chi connectivity index (χ1n) is 11.7. The lowest BCUT2D eigenvalue weighted by Gasteiger charge is -2.15. The predicted octanol–water partition coefficient (Wildman–Crippen LogP) is 6.64. The van der Waals surface area contributed by atoms with E-state index in [1.165, 1.54) is 31.0 Å². The molecule has 1 amide bonds. The summed E-state index contributed by atoms with van der Waals surface area (Å²) >= 11 is 12.7. The Bertz CT molecular complexity index is 1040. The number of carbonyl (C=O) groups excluding carboxylic acids is 1. The number of carbonyl (C=O) groups is 1. The lowest BCUT2D eigenvalue weighted by Crippen LogP contribution is -2.17. The van der Waals surface area contributed by atoms with Gasteiger partial charge in [-0.05, 0) is 61.4 Å². The van der Waals surface area contributed by atoms with Crippen LogP contribution in [0.25, 0.3) is 6.08 Å². The minimum Gasteiger partial charge on any atom is -0.494 e. The Morgan fingerprint density at radius 1 is 0.943 bits per heavy atom. The number of amides is 1. The minimum absolute atomic E-state index is 0.224. The number of halogens is 1. The molecule has 0 spiro atoms. The quantitative estimate of drug-likeness (QED) is 0.165. The van der Waals surface area contributed by atoms with Crippen LogP contribution in [0, 0.1) is 0 Å². The second-order valence-electron chi connectivity index (χ2n) is 7.69. The van der Waals surface area contributed by atoms with Crippen LogP contribution in [0.15, 0.2) is 41.3 Å². The van der Waals surface area contributed by atoms with Gasteiger partial charge in [0.1, 0.15) is 29.0 Å². The molecule has 0 saturated carbocycles. The number of nitrogens with one attached hydrogen (secondary N) is 1. The number of unbranched alkanes of at least 4 members (excludes halogenated alkanes) is 3. The van der Waals surface area contributed by atoms with Gasteiger partial charge in [0, 0.05) is 0 Å². The van der Waals surface area contributed by atoms with E-state index < -0.39 is 0 Å². The lowest BCUT2D eigenvalue weighted by atomic mass is 10.2. The standard InChI is InChI=1S/C26H30ClNO5S2/c1-3-5-6-7-12-31-19-8-10-20(11-9-19)32-13-14-33-24-21(27)15-18(16-22(24)30-4-2)17-23-25(29)28-26(34)35-23/h8-11,15-17H,3-7,12-14H2,1-2H3,(H,28,29,34)/b23-17+. The number of ether oxygens (including phenoxy) is 4. The number of rotatable bonds is 14. The van der Waals surface area contributed by atoms with Gasteiger partial charge in [0.15, 0.2) is 11.5 Å². The Balaban J connectivity index is 1.52. The Hall–Kier alpha value is -2.42. The van der Waals surface area contributed by atoms with Crippen LogP contribution < -0.4 is 24.3 Å². The second kappa shape index (κ2) is 14.2. The van der Waals surface area contributed by atoms with E-state index in [1.807, 2.05) is 31.2 Å². The van der Waals surface area contributed by atoms with Crippen molar-refractivity contribution in [3.05, 3.63) is 51.9 Å². The van der Waals surface area contributed by atoms with Gasteiger partial charge in [-0.2, -0.15) is 0 Å². The molecule has 0 bridgehead atoms. The first-order valence-corrected chi connectivity index (χ1v) is 13.3. The molecule has 1 N–H and O–H groups in total. The van der Waals surface area contributed by atoms with Crippen LogP contribution in [0.5, 0.6) is 23.0 Å². The van der Waals surface area contributed by atoms with E-state index in [0.29, 0.717) is 39.0 Å². The molecular formula is C26H30ClNO5S2. The first kappa shape index (κ1) is 27.2. The normalized spacial score (nSPS) is 14.2. The predicted molar refractivity (Wildman–Crippen MR) is 146 cm³/mol. The van der Waals surface area contributed by atoms with Gasteiger partial charge in [0.05, 0.1) is 23.1 Å². The van der Waals surface area contributed by atoms with Gasteiger partial charge in [-0.15, -0.1) is 0 Å². The highest BCUT2D eigenvalue weighted by Crippen LogP contribution is 2.38. The summed E-state index contributed by atoms with van der Waals surface area (Å²) in [5.41, 5.74) is 0.720. The van der Waals surface area contributed by atoms with E-state index in [-0.39, 0.29) is 12.5 Å². The lowest BCUT2D eigenvalue weighted by molar-refractivity contribution is -0.115. The fourth-order valence-electron chi connectivity index (χ4n) is 3.30. The van der Waals surface area contributed by atoms with Crippen molar-refractivity contribution < 1.29 is 23.7 Å². The molecule has 0 aliphatic carbocycles. The van der Waals surface area contributed by atoms with E-state index in [0.717, 1.165) is 30.1 Å². The maximum atomic E-state index is 11.9. The van der Waals surface area contributed by atoms with Crippen molar-refractivity contribution in [1.82, 2.24) is 5.32 Å². The SMILES string of the molecule is CCCCCCOc1ccc(OCCOc2c(Cl)cc(/C=C3/SC(=S)NC3=O)cc2OCC)cc1. The molecule has 188 valence electrons. The zero-order valence-corrected chi connectivity index (χ0v) is 22.3. The van der Waals surface area contributed by atoms with Crippen LogP contribution in [-0.2, 0) is 4.79 Å². The maximum Gasteiger partial charge on any atom is 0.263 e. The first-order chi connectivity index (χ1) is 17.0. The fraction of sp³-hybridized carbons (Fsp3) is 0.385. The van der Waals surface area contributed by atoms with E-state index in [1.54, 1.807) is 18.2 Å². The molecule has 2 aromatic rings. The van der Waals surface area contributed by atoms with Crippen LogP contribution in [-0.4, -0.2) is 36.7 Å². The van der Waals surface area contributed by atoms with Crippen LogP contribution >= 0.6 is 35.6 Å². The summed E-state index contributed by atoms with van der Waals surface area (Å²) in [5, 5.41) is 2.98. The third-order valence-corrected chi connectivity index (χ3v) is 6.40.